The van der Waals surface area contributed by atoms with Gasteiger partial charge in [0, 0.05) is 0 Å². The average Bonchev–Trinajstić information content (AvgIpc) is 2.44. The van der Waals surface area contributed by atoms with Gasteiger partial charge < -0.3 is 10.5 Å². The van der Waals surface area contributed by atoms with Gasteiger partial charge in [-0.3, -0.25) is 0 Å². The number of rotatable bonds is 6. The third-order valence-electron chi connectivity index (χ3n) is 2.80. The molecule has 0 aliphatic rings. The first kappa shape index (κ1) is 17.5. The number of hydrogen-bond donors (Lipinski definition) is 2. The molecule has 0 atom stereocenters. The summed E-state index contributed by atoms with van der Waals surface area (Å²) in [6.07, 6.45) is 0. The van der Waals surface area contributed by atoms with E-state index < -0.39 is 35.0 Å². The molecule has 1 rings (SSSR count). The second-order valence-electron chi connectivity index (χ2n) is 4.30. The van der Waals surface area contributed by atoms with E-state index >= 15 is 0 Å². The predicted molar refractivity (Wildman–Crippen MR) is 71.7 cm³/mol. The van der Waals surface area contributed by atoms with Crippen LogP contribution in [-0.2, 0) is 14.8 Å². The third-order valence-corrected chi connectivity index (χ3v) is 4.34. The molecule has 9 heteroatoms. The third kappa shape index (κ3) is 4.19. The van der Waals surface area contributed by atoms with Crippen molar-refractivity contribution in [3.8, 4) is 0 Å². The highest BCUT2D eigenvalue weighted by Gasteiger charge is 2.30. The molecular weight excluding hydrogens is 306 g/mol. The van der Waals surface area contributed by atoms with Gasteiger partial charge in [0.2, 0.25) is 10.0 Å². The van der Waals surface area contributed by atoms with Crippen molar-refractivity contribution in [3.63, 3.8) is 0 Å². The number of nitrogens with two attached hydrogens (primary N) is 1. The van der Waals surface area contributed by atoms with Crippen LogP contribution >= 0.6 is 0 Å². The van der Waals surface area contributed by atoms with E-state index in [0.29, 0.717) is 0 Å². The molecule has 6 nitrogen and oxygen atoms in total. The maximum atomic E-state index is 13.0. The molecule has 0 aliphatic heterocycles. The summed E-state index contributed by atoms with van der Waals surface area (Å²) < 4.78 is 56.5. The lowest BCUT2D eigenvalue weighted by Crippen LogP contribution is -2.41. The second kappa shape index (κ2) is 6.46. The van der Waals surface area contributed by atoms with E-state index in [0.717, 1.165) is 7.11 Å². The van der Waals surface area contributed by atoms with Crippen molar-refractivity contribution in [2.75, 3.05) is 20.2 Å². The van der Waals surface area contributed by atoms with Gasteiger partial charge in [-0.1, -0.05) is 6.07 Å². The van der Waals surface area contributed by atoms with Crippen LogP contribution in [0.3, 0.4) is 0 Å². The Balaban J connectivity index is 3.13. The van der Waals surface area contributed by atoms with Crippen LogP contribution in [0.5, 0.6) is 0 Å². The normalized spacial score (nSPS) is 12.2. The first-order chi connectivity index (χ1) is 9.64. The molecule has 0 heterocycles. The largest absolute Gasteiger partial charge is 0.465 e. The summed E-state index contributed by atoms with van der Waals surface area (Å²) in [6, 6.07) is 3.92. The van der Waals surface area contributed by atoms with Gasteiger partial charge in [-0.05, 0) is 24.6 Å². The van der Waals surface area contributed by atoms with Gasteiger partial charge in [0.25, 0.3) is 5.92 Å². The van der Waals surface area contributed by atoms with Crippen LogP contribution in [0.1, 0.15) is 15.9 Å². The molecule has 0 bridgehead atoms. The molecule has 0 spiro atoms. The molecule has 0 aromatic heterocycles. The molecule has 0 saturated carbocycles. The summed E-state index contributed by atoms with van der Waals surface area (Å²) >= 11 is 0. The van der Waals surface area contributed by atoms with Crippen LogP contribution < -0.4 is 10.5 Å². The minimum Gasteiger partial charge on any atom is -0.465 e. The van der Waals surface area contributed by atoms with Crippen molar-refractivity contribution in [1.29, 1.82) is 0 Å². The number of benzene rings is 1. The van der Waals surface area contributed by atoms with Crippen LogP contribution in [0.4, 0.5) is 8.78 Å². The Labute approximate surface area is 121 Å². The quantitative estimate of drug-likeness (QED) is 0.750. The summed E-state index contributed by atoms with van der Waals surface area (Å²) in [6.45, 7) is -0.702. The number of carbonyl (C=O) groups is 1. The van der Waals surface area contributed by atoms with Crippen molar-refractivity contribution in [2.24, 2.45) is 5.73 Å². The van der Waals surface area contributed by atoms with E-state index in [1.165, 1.54) is 25.1 Å². The zero-order chi connectivity index (χ0) is 16.3. The van der Waals surface area contributed by atoms with E-state index in [1.54, 1.807) is 4.72 Å². The molecular formula is C12H16F2N2O4S. The van der Waals surface area contributed by atoms with E-state index in [2.05, 4.69) is 4.74 Å². The first-order valence-corrected chi connectivity index (χ1v) is 7.38. The molecule has 0 amide bonds. The van der Waals surface area contributed by atoms with Gasteiger partial charge in [-0.2, -0.15) is 0 Å². The van der Waals surface area contributed by atoms with Gasteiger partial charge in [0.1, 0.15) is 0 Å². The SMILES string of the molecule is COC(=O)c1cccc(S(=O)(=O)NCC(F)(F)CN)c1C. The number of carbonyl (C=O) groups excluding carboxylic acids is 1. The Hall–Kier alpha value is -1.58. The smallest absolute Gasteiger partial charge is 0.338 e. The predicted octanol–water partition coefficient (Wildman–Crippen LogP) is 0.654. The van der Waals surface area contributed by atoms with Gasteiger partial charge in [0.15, 0.2) is 0 Å². The zero-order valence-electron chi connectivity index (χ0n) is 11.5. The standard InChI is InChI=1S/C12H16F2N2O4S/c1-8-9(11(17)20-2)4-3-5-10(8)21(18,19)16-7-12(13,14)6-15/h3-5,16H,6-7,15H2,1-2H3. The highest BCUT2D eigenvalue weighted by atomic mass is 32.2. The molecule has 21 heavy (non-hydrogen) atoms. The summed E-state index contributed by atoms with van der Waals surface area (Å²) in [7, 11) is -3.04. The molecule has 1 aromatic rings. The van der Waals surface area contributed by atoms with Crippen molar-refractivity contribution >= 4 is 16.0 Å². The van der Waals surface area contributed by atoms with E-state index in [9.17, 15) is 22.0 Å². The van der Waals surface area contributed by atoms with E-state index in [-0.39, 0.29) is 16.0 Å². The number of esters is 1. The Bertz CT molecular complexity index is 632. The molecule has 118 valence electrons. The molecule has 1 aromatic carbocycles. The van der Waals surface area contributed by atoms with Gasteiger partial charge >= 0.3 is 5.97 Å². The lowest BCUT2D eigenvalue weighted by atomic mass is 10.1. The van der Waals surface area contributed by atoms with Crippen LogP contribution in [0.25, 0.3) is 0 Å². The Morgan fingerprint density at radius 3 is 2.57 bits per heavy atom. The van der Waals surface area contributed by atoms with Crippen molar-refractivity contribution in [2.45, 2.75) is 17.7 Å². The average molecular weight is 322 g/mol. The topological polar surface area (TPSA) is 98.5 Å². The summed E-state index contributed by atoms with van der Waals surface area (Å²) in [4.78, 5) is 11.2. The molecule has 3 N–H and O–H groups in total. The number of alkyl halides is 2. The number of ether oxygens (including phenoxy) is 1. The monoisotopic (exact) mass is 322 g/mol. The first-order valence-electron chi connectivity index (χ1n) is 5.90. The molecule has 0 unspecified atom stereocenters. The van der Waals surface area contributed by atoms with E-state index in [4.69, 9.17) is 5.73 Å². The van der Waals surface area contributed by atoms with Crippen LogP contribution in [0.15, 0.2) is 23.1 Å². The summed E-state index contributed by atoms with van der Waals surface area (Å²) in [5.41, 5.74) is 5.01. The molecule has 0 saturated heterocycles. The van der Waals surface area contributed by atoms with Crippen LogP contribution in [-0.4, -0.2) is 40.5 Å². The number of nitrogens with one attached hydrogen (secondary N) is 1. The van der Waals surface area contributed by atoms with Crippen LogP contribution in [0.2, 0.25) is 0 Å². The lowest BCUT2D eigenvalue weighted by molar-refractivity contribution is 0.0170. The highest BCUT2D eigenvalue weighted by Crippen LogP contribution is 2.20. The minimum atomic E-state index is -4.19. The van der Waals surface area contributed by atoms with Gasteiger partial charge in [0.05, 0.1) is 30.7 Å². The number of sulfonamides is 1. The maximum Gasteiger partial charge on any atom is 0.338 e. The summed E-state index contributed by atoms with van der Waals surface area (Å²) in [5.74, 6) is -4.06. The maximum absolute atomic E-state index is 13.0. The number of halogens is 2. The van der Waals surface area contributed by atoms with E-state index in [1.807, 2.05) is 0 Å². The number of hydrogen-bond acceptors (Lipinski definition) is 5. The van der Waals surface area contributed by atoms with Crippen LogP contribution in [0, 0.1) is 6.92 Å². The molecule has 0 fully saturated rings. The zero-order valence-corrected chi connectivity index (χ0v) is 12.3. The van der Waals surface area contributed by atoms with Crippen molar-refractivity contribution < 1.29 is 26.7 Å². The fourth-order valence-electron chi connectivity index (χ4n) is 1.59. The summed E-state index contributed by atoms with van der Waals surface area (Å²) in [5, 5.41) is 0. The Kier molecular flexibility index (Phi) is 5.37. The Morgan fingerprint density at radius 2 is 2.05 bits per heavy atom. The fourth-order valence-corrected chi connectivity index (χ4v) is 2.91. The van der Waals surface area contributed by atoms with Crippen molar-refractivity contribution in [3.05, 3.63) is 29.3 Å². The van der Waals surface area contributed by atoms with Gasteiger partial charge in [-0.25, -0.2) is 26.7 Å². The second-order valence-corrected chi connectivity index (χ2v) is 6.04. The van der Waals surface area contributed by atoms with Crippen molar-refractivity contribution in [1.82, 2.24) is 4.72 Å². The molecule has 0 radical (unpaired) electrons. The number of methoxy groups -OCH3 is 1. The highest BCUT2D eigenvalue weighted by molar-refractivity contribution is 7.89. The Morgan fingerprint density at radius 1 is 1.43 bits per heavy atom. The van der Waals surface area contributed by atoms with Gasteiger partial charge in [-0.15, -0.1) is 0 Å². The molecule has 0 aliphatic carbocycles. The fraction of sp³-hybridized carbons (Fsp3) is 0.417. The minimum absolute atomic E-state index is 0.0472. The lowest BCUT2D eigenvalue weighted by Gasteiger charge is -2.16.